The van der Waals surface area contributed by atoms with Crippen molar-refractivity contribution in [1.29, 1.82) is 0 Å². The zero-order valence-corrected chi connectivity index (χ0v) is 16.8. The molecule has 4 rings (SSSR count). The monoisotopic (exact) mass is 412 g/mol. The predicted molar refractivity (Wildman–Crippen MR) is 109 cm³/mol. The Morgan fingerprint density at radius 2 is 1.79 bits per heavy atom. The first-order chi connectivity index (χ1) is 14.0. The average Bonchev–Trinajstić information content (AvgIpc) is 2.99. The number of carbonyl (C=O) groups is 3. The van der Waals surface area contributed by atoms with Gasteiger partial charge in [-0.2, -0.15) is 0 Å². The molecular formula is C22H21ClN2O4. The van der Waals surface area contributed by atoms with Crippen molar-refractivity contribution in [3.8, 4) is 5.75 Å². The third kappa shape index (κ3) is 3.72. The molecule has 1 unspecified atom stereocenters. The fraction of sp³-hybridized carbons (Fsp3) is 0.318. The van der Waals surface area contributed by atoms with Crippen molar-refractivity contribution in [3.05, 3.63) is 58.6 Å². The summed E-state index contributed by atoms with van der Waals surface area (Å²) in [6.45, 7) is 0.868. The number of hydrogen-bond donors (Lipinski definition) is 0. The number of likely N-dealkylation sites (tertiary alicyclic amines) is 1. The third-order valence-corrected chi connectivity index (χ3v) is 5.76. The minimum absolute atomic E-state index is 0.0679. The second-order valence-electron chi connectivity index (χ2n) is 7.24. The number of rotatable bonds is 4. The SMILES string of the molecule is COc1ccc(N2C(=O)c3ccc(Cl)cc3C2CC(=O)N2CCC(=O)CC2)cc1. The molecule has 1 fully saturated rings. The number of halogens is 1. The molecule has 0 spiro atoms. The van der Waals surface area contributed by atoms with Crippen LogP contribution in [0, 0.1) is 0 Å². The largest absolute Gasteiger partial charge is 0.497 e. The summed E-state index contributed by atoms with van der Waals surface area (Å²) in [4.78, 5) is 41.0. The minimum Gasteiger partial charge on any atom is -0.497 e. The zero-order valence-electron chi connectivity index (χ0n) is 16.1. The van der Waals surface area contributed by atoms with Crippen molar-refractivity contribution >= 4 is 34.9 Å². The maximum Gasteiger partial charge on any atom is 0.259 e. The van der Waals surface area contributed by atoms with Crippen LogP contribution >= 0.6 is 11.6 Å². The van der Waals surface area contributed by atoms with Gasteiger partial charge in [0.1, 0.15) is 11.5 Å². The molecule has 1 saturated heterocycles. The first-order valence-corrected chi connectivity index (χ1v) is 9.92. The number of anilines is 1. The van der Waals surface area contributed by atoms with Gasteiger partial charge in [0.2, 0.25) is 5.91 Å². The van der Waals surface area contributed by atoms with E-state index in [1.807, 2.05) is 0 Å². The molecule has 0 radical (unpaired) electrons. The Morgan fingerprint density at radius 1 is 1.10 bits per heavy atom. The van der Waals surface area contributed by atoms with Gasteiger partial charge in [-0.05, 0) is 48.0 Å². The van der Waals surface area contributed by atoms with E-state index in [2.05, 4.69) is 0 Å². The first-order valence-electron chi connectivity index (χ1n) is 9.54. The Bertz CT molecular complexity index is 963. The molecule has 2 aliphatic rings. The highest BCUT2D eigenvalue weighted by Gasteiger charge is 2.40. The molecule has 2 aliphatic heterocycles. The molecule has 2 heterocycles. The number of fused-ring (bicyclic) bond motifs is 1. The lowest BCUT2D eigenvalue weighted by atomic mass is 10.0. The number of nitrogens with zero attached hydrogens (tertiary/aromatic N) is 2. The van der Waals surface area contributed by atoms with Gasteiger partial charge in [0.15, 0.2) is 0 Å². The van der Waals surface area contributed by atoms with Crippen LogP contribution in [0.5, 0.6) is 5.75 Å². The highest BCUT2D eigenvalue weighted by Crippen LogP contribution is 2.41. The summed E-state index contributed by atoms with van der Waals surface area (Å²) in [5.41, 5.74) is 1.99. The van der Waals surface area contributed by atoms with Crippen LogP contribution in [-0.2, 0) is 9.59 Å². The summed E-state index contributed by atoms with van der Waals surface area (Å²) < 4.78 is 5.21. The smallest absolute Gasteiger partial charge is 0.259 e. The van der Waals surface area contributed by atoms with E-state index < -0.39 is 6.04 Å². The topological polar surface area (TPSA) is 66.9 Å². The average molecular weight is 413 g/mol. The molecule has 2 aromatic rings. The quantitative estimate of drug-likeness (QED) is 0.769. The molecule has 6 nitrogen and oxygen atoms in total. The molecule has 7 heteroatoms. The summed E-state index contributed by atoms with van der Waals surface area (Å²) in [5.74, 6) is 0.642. The van der Waals surface area contributed by atoms with E-state index >= 15 is 0 Å². The van der Waals surface area contributed by atoms with Crippen LogP contribution in [0.15, 0.2) is 42.5 Å². The summed E-state index contributed by atoms with van der Waals surface area (Å²) in [6, 6.07) is 11.9. The number of hydrogen-bond acceptors (Lipinski definition) is 4. The van der Waals surface area contributed by atoms with E-state index in [1.165, 1.54) is 0 Å². The Morgan fingerprint density at radius 3 is 2.45 bits per heavy atom. The zero-order chi connectivity index (χ0) is 20.5. The second kappa shape index (κ2) is 7.87. The molecule has 1 atom stereocenters. The maximum atomic E-state index is 13.2. The van der Waals surface area contributed by atoms with E-state index in [4.69, 9.17) is 16.3 Å². The second-order valence-corrected chi connectivity index (χ2v) is 7.68. The van der Waals surface area contributed by atoms with Gasteiger partial charge < -0.3 is 14.5 Å². The van der Waals surface area contributed by atoms with Gasteiger partial charge in [0, 0.05) is 42.2 Å². The van der Waals surface area contributed by atoms with Crippen LogP contribution in [0.2, 0.25) is 5.02 Å². The number of piperidine rings is 1. The molecule has 0 N–H and O–H groups in total. The van der Waals surface area contributed by atoms with Gasteiger partial charge in [-0.3, -0.25) is 14.4 Å². The summed E-state index contributed by atoms with van der Waals surface area (Å²) in [6.07, 6.45) is 0.916. The van der Waals surface area contributed by atoms with Gasteiger partial charge in [0.05, 0.1) is 19.6 Å². The van der Waals surface area contributed by atoms with Crippen LogP contribution in [0.1, 0.15) is 41.2 Å². The fourth-order valence-electron chi connectivity index (χ4n) is 3.96. The maximum absolute atomic E-state index is 13.2. The highest BCUT2D eigenvalue weighted by molar-refractivity contribution is 6.31. The molecule has 0 aliphatic carbocycles. The van der Waals surface area contributed by atoms with Crippen molar-refractivity contribution in [1.82, 2.24) is 4.90 Å². The number of carbonyl (C=O) groups excluding carboxylic acids is 3. The lowest BCUT2D eigenvalue weighted by Crippen LogP contribution is -2.40. The van der Waals surface area contributed by atoms with Gasteiger partial charge in [0.25, 0.3) is 5.91 Å². The van der Waals surface area contributed by atoms with Crippen molar-refractivity contribution < 1.29 is 19.1 Å². The van der Waals surface area contributed by atoms with E-state index in [0.29, 0.717) is 48.0 Å². The summed E-state index contributed by atoms with van der Waals surface area (Å²) in [7, 11) is 1.58. The number of methoxy groups -OCH3 is 1. The number of ketones is 1. The molecule has 150 valence electrons. The van der Waals surface area contributed by atoms with Gasteiger partial charge in [-0.15, -0.1) is 0 Å². The van der Waals surface area contributed by atoms with Crippen molar-refractivity contribution in [2.24, 2.45) is 0 Å². The molecule has 0 bridgehead atoms. The van der Waals surface area contributed by atoms with Crippen molar-refractivity contribution in [3.63, 3.8) is 0 Å². The lowest BCUT2D eigenvalue weighted by Gasteiger charge is -2.30. The Kier molecular flexibility index (Phi) is 5.28. The minimum atomic E-state index is -0.449. The molecule has 0 aromatic heterocycles. The first kappa shape index (κ1) is 19.5. The van der Waals surface area contributed by atoms with Crippen LogP contribution in [0.4, 0.5) is 5.69 Å². The predicted octanol–water partition coefficient (Wildman–Crippen LogP) is 3.63. The fourth-order valence-corrected chi connectivity index (χ4v) is 4.14. The molecule has 2 aromatic carbocycles. The van der Waals surface area contributed by atoms with Crippen LogP contribution < -0.4 is 9.64 Å². The van der Waals surface area contributed by atoms with E-state index in [0.717, 1.165) is 5.56 Å². The molecule has 29 heavy (non-hydrogen) atoms. The van der Waals surface area contributed by atoms with Crippen LogP contribution in [-0.4, -0.2) is 42.7 Å². The van der Waals surface area contributed by atoms with Crippen molar-refractivity contribution in [2.45, 2.75) is 25.3 Å². The van der Waals surface area contributed by atoms with E-state index in [9.17, 15) is 14.4 Å². The summed E-state index contributed by atoms with van der Waals surface area (Å²) >= 11 is 6.19. The lowest BCUT2D eigenvalue weighted by molar-refractivity contribution is -0.134. The van der Waals surface area contributed by atoms with E-state index in [-0.39, 0.29) is 24.0 Å². The third-order valence-electron chi connectivity index (χ3n) is 5.53. The van der Waals surface area contributed by atoms with Crippen molar-refractivity contribution in [2.75, 3.05) is 25.1 Å². The standard InChI is InChI=1S/C22H21ClN2O4/c1-29-17-5-3-15(4-6-17)25-20(13-21(27)24-10-8-16(26)9-11-24)19-12-14(23)2-7-18(19)22(25)28/h2-7,12,20H,8-11,13H2,1H3. The normalized spacial score (nSPS) is 18.8. The number of benzene rings is 2. The Balaban J connectivity index is 1.66. The molecule has 0 saturated carbocycles. The van der Waals surface area contributed by atoms with Gasteiger partial charge >= 0.3 is 0 Å². The number of Topliss-reactive ketones (excluding diaryl/α,β-unsaturated/α-hetero) is 1. The van der Waals surface area contributed by atoms with Gasteiger partial charge in [-0.25, -0.2) is 0 Å². The molecule has 2 amide bonds. The highest BCUT2D eigenvalue weighted by atomic mass is 35.5. The molecular weight excluding hydrogens is 392 g/mol. The van der Waals surface area contributed by atoms with Gasteiger partial charge in [-0.1, -0.05) is 11.6 Å². The van der Waals surface area contributed by atoms with Crippen LogP contribution in [0.3, 0.4) is 0 Å². The number of amides is 2. The van der Waals surface area contributed by atoms with Crippen LogP contribution in [0.25, 0.3) is 0 Å². The Hall–Kier alpha value is -2.86. The van der Waals surface area contributed by atoms with E-state index in [1.54, 1.807) is 59.4 Å². The Labute approximate surface area is 174 Å². The number of ether oxygens (including phenoxy) is 1. The summed E-state index contributed by atoms with van der Waals surface area (Å²) in [5, 5.41) is 0.522.